The molecule has 0 amide bonds. The van der Waals surface area contributed by atoms with E-state index in [1.807, 2.05) is 0 Å². The van der Waals surface area contributed by atoms with Crippen molar-refractivity contribution in [1.29, 1.82) is 0 Å². The molecule has 0 fully saturated rings. The maximum atomic E-state index is 8.96. The number of hydrogen-bond donors (Lipinski definition) is 2. The van der Waals surface area contributed by atoms with E-state index in [1.54, 1.807) is 0 Å². The van der Waals surface area contributed by atoms with E-state index in [0.717, 1.165) is 86.9 Å². The van der Waals surface area contributed by atoms with Gasteiger partial charge in [-0.05, 0) is 82.0 Å². The second kappa shape index (κ2) is 26.4. The minimum Gasteiger partial charge on any atom is -0.493 e. The first-order valence-corrected chi connectivity index (χ1v) is 25.2. The molecule has 0 aromatic heterocycles. The van der Waals surface area contributed by atoms with Gasteiger partial charge in [0.2, 0.25) is 0 Å². The van der Waals surface area contributed by atoms with E-state index in [4.69, 9.17) is 29.2 Å². The first-order valence-electron chi connectivity index (χ1n) is 25.2. The van der Waals surface area contributed by atoms with Gasteiger partial charge in [0.15, 0.2) is 0 Å². The van der Waals surface area contributed by atoms with Gasteiger partial charge in [-0.15, -0.1) is 0 Å². The Kier molecular flexibility index (Phi) is 19.6. The molecule has 6 aromatic carbocycles. The van der Waals surface area contributed by atoms with Crippen LogP contribution >= 0.6 is 0 Å². The Morgan fingerprint density at radius 3 is 1.06 bits per heavy atom. The Hall–Kier alpha value is -4.72. The van der Waals surface area contributed by atoms with Crippen molar-refractivity contribution >= 4 is 21.5 Å². The molecule has 0 aliphatic heterocycles. The molecule has 2 N–H and O–H groups in total. The van der Waals surface area contributed by atoms with Gasteiger partial charge in [-0.3, -0.25) is 0 Å². The molecule has 0 saturated carbocycles. The van der Waals surface area contributed by atoms with E-state index in [0.29, 0.717) is 39.6 Å². The van der Waals surface area contributed by atoms with E-state index in [1.165, 1.54) is 108 Å². The minimum atomic E-state index is -0.606. The van der Waals surface area contributed by atoms with E-state index >= 15 is 0 Å². The number of benzene rings is 6. The Labute approximate surface area is 389 Å². The van der Waals surface area contributed by atoms with Crippen LogP contribution in [0.2, 0.25) is 0 Å². The summed E-state index contributed by atoms with van der Waals surface area (Å²) < 4.78 is 25.2. The van der Waals surface area contributed by atoms with Gasteiger partial charge in [-0.2, -0.15) is 0 Å². The maximum absolute atomic E-state index is 8.96. The monoisotopic (exact) mass is 879 g/mol. The molecular formula is C59H74O6. The van der Waals surface area contributed by atoms with Crippen LogP contribution in [0.25, 0.3) is 32.7 Å². The van der Waals surface area contributed by atoms with Crippen LogP contribution in [0.5, 0.6) is 11.5 Å². The van der Waals surface area contributed by atoms with Gasteiger partial charge in [0.25, 0.3) is 0 Å². The third-order valence-corrected chi connectivity index (χ3v) is 13.3. The fourth-order valence-electron chi connectivity index (χ4n) is 10.1. The number of hydrogen-bond acceptors (Lipinski definition) is 6. The number of ether oxygens (including phenoxy) is 4. The van der Waals surface area contributed by atoms with Crippen LogP contribution in [-0.4, -0.2) is 63.1 Å². The summed E-state index contributed by atoms with van der Waals surface area (Å²) in [6.07, 6.45) is 20.5. The van der Waals surface area contributed by atoms with Crippen molar-refractivity contribution in [2.45, 2.75) is 121 Å². The average Bonchev–Trinajstić information content (AvgIpc) is 3.64. The molecule has 346 valence electrons. The van der Waals surface area contributed by atoms with E-state index < -0.39 is 5.41 Å². The van der Waals surface area contributed by atoms with Crippen LogP contribution in [0.4, 0.5) is 0 Å². The predicted octanol–water partition coefficient (Wildman–Crippen LogP) is 14.2. The van der Waals surface area contributed by atoms with E-state index in [2.05, 4.69) is 121 Å². The molecule has 1 aliphatic rings. The van der Waals surface area contributed by atoms with Crippen molar-refractivity contribution in [2.75, 3.05) is 52.9 Å². The highest BCUT2D eigenvalue weighted by atomic mass is 16.5. The SMILES string of the molecule is OCCCCCCCCCCOCCCOc1cccc2c(C3(c4cccc5c(OCCCOCCCCCCCCCCO)cccc45)c4ccccc4-c4ccccc43)cccc12. The lowest BCUT2D eigenvalue weighted by molar-refractivity contribution is 0.116. The highest BCUT2D eigenvalue weighted by molar-refractivity contribution is 6.01. The second-order valence-electron chi connectivity index (χ2n) is 17.9. The minimum absolute atomic E-state index is 0.315. The summed E-state index contributed by atoms with van der Waals surface area (Å²) in [5.41, 5.74) is 6.96. The zero-order chi connectivity index (χ0) is 44.8. The highest BCUT2D eigenvalue weighted by Gasteiger charge is 2.47. The van der Waals surface area contributed by atoms with Gasteiger partial charge < -0.3 is 29.2 Å². The molecule has 7 rings (SSSR count). The van der Waals surface area contributed by atoms with Gasteiger partial charge in [-0.25, -0.2) is 0 Å². The van der Waals surface area contributed by atoms with Gasteiger partial charge in [0, 0.05) is 63.3 Å². The van der Waals surface area contributed by atoms with Crippen molar-refractivity contribution in [3.05, 3.63) is 144 Å². The molecule has 6 heteroatoms. The Morgan fingerprint density at radius 2 is 0.631 bits per heavy atom. The third-order valence-electron chi connectivity index (χ3n) is 13.3. The van der Waals surface area contributed by atoms with Crippen molar-refractivity contribution in [2.24, 2.45) is 0 Å². The summed E-state index contributed by atoms with van der Waals surface area (Å²) in [5.74, 6) is 1.80. The van der Waals surface area contributed by atoms with Crippen LogP contribution in [-0.2, 0) is 14.9 Å². The van der Waals surface area contributed by atoms with Gasteiger partial charge in [-0.1, -0.05) is 186 Å². The molecule has 0 spiro atoms. The molecule has 1 aliphatic carbocycles. The van der Waals surface area contributed by atoms with Crippen molar-refractivity contribution < 1.29 is 29.2 Å². The lowest BCUT2D eigenvalue weighted by Gasteiger charge is -2.36. The van der Waals surface area contributed by atoms with Crippen molar-refractivity contribution in [3.8, 4) is 22.6 Å². The number of rotatable bonds is 32. The van der Waals surface area contributed by atoms with Crippen LogP contribution in [0.3, 0.4) is 0 Å². The summed E-state index contributed by atoms with van der Waals surface area (Å²) in [4.78, 5) is 0. The smallest absolute Gasteiger partial charge is 0.127 e. The summed E-state index contributed by atoms with van der Waals surface area (Å²) in [6.45, 7) is 4.83. The maximum Gasteiger partial charge on any atom is 0.127 e. The topological polar surface area (TPSA) is 77.4 Å². The fraction of sp³-hybridized carbons (Fsp3) is 0.458. The zero-order valence-electron chi connectivity index (χ0n) is 39.0. The second-order valence-corrected chi connectivity index (χ2v) is 17.9. The normalized spacial score (nSPS) is 12.8. The predicted molar refractivity (Wildman–Crippen MR) is 269 cm³/mol. The fourth-order valence-corrected chi connectivity index (χ4v) is 10.1. The van der Waals surface area contributed by atoms with Gasteiger partial charge in [0.05, 0.1) is 18.6 Å². The van der Waals surface area contributed by atoms with E-state index in [-0.39, 0.29) is 0 Å². The Morgan fingerprint density at radius 1 is 0.292 bits per heavy atom. The molecule has 0 heterocycles. The standard InChI is InChI=1S/C59H74O6/c60-39-17-9-5-1-3-7-11-19-41-62-43-25-45-64-57-37-23-29-49-51(57)31-21-35-55(49)59(53-33-15-13-27-47(53)48-28-14-16-34-54(48)59)56-36-22-32-52-50(56)30-24-38-58(52)65-46-26-44-63-42-20-12-8-4-2-6-10-18-40-61/h13-16,21-24,27-38,60-61H,1-12,17-20,25-26,39-46H2. The number of fused-ring (bicyclic) bond motifs is 5. The van der Waals surface area contributed by atoms with Crippen LogP contribution in [0.1, 0.15) is 138 Å². The van der Waals surface area contributed by atoms with Crippen LogP contribution in [0, 0.1) is 0 Å². The van der Waals surface area contributed by atoms with Gasteiger partial charge >= 0.3 is 0 Å². The molecule has 0 saturated heterocycles. The molecular weight excluding hydrogens is 805 g/mol. The van der Waals surface area contributed by atoms with E-state index in [9.17, 15) is 0 Å². The lowest BCUT2D eigenvalue weighted by atomic mass is 9.65. The summed E-state index contributed by atoms with van der Waals surface area (Å²) >= 11 is 0. The summed E-state index contributed by atoms with van der Waals surface area (Å²) in [7, 11) is 0. The van der Waals surface area contributed by atoms with Crippen molar-refractivity contribution in [3.63, 3.8) is 0 Å². The molecule has 6 nitrogen and oxygen atoms in total. The Bertz CT molecular complexity index is 2150. The number of unbranched alkanes of at least 4 members (excludes halogenated alkanes) is 14. The average molecular weight is 879 g/mol. The number of aliphatic hydroxyl groups is 2. The first-order chi connectivity index (χ1) is 32.3. The van der Waals surface area contributed by atoms with Crippen molar-refractivity contribution in [1.82, 2.24) is 0 Å². The zero-order valence-corrected chi connectivity index (χ0v) is 39.0. The molecule has 0 unspecified atom stereocenters. The third kappa shape index (κ3) is 12.4. The summed E-state index contributed by atoms with van der Waals surface area (Å²) in [5, 5.41) is 22.5. The highest BCUT2D eigenvalue weighted by Crippen LogP contribution is 2.58. The largest absolute Gasteiger partial charge is 0.493 e. The molecule has 6 aromatic rings. The molecule has 0 radical (unpaired) electrons. The molecule has 0 bridgehead atoms. The quantitative estimate of drug-likeness (QED) is 0.0411. The summed E-state index contributed by atoms with van der Waals surface area (Å²) in [6, 6.07) is 44.5. The Balaban J connectivity index is 1.05. The molecule has 0 atom stereocenters. The van der Waals surface area contributed by atoms with Crippen LogP contribution < -0.4 is 9.47 Å². The first kappa shape index (κ1) is 48.2. The lowest BCUT2D eigenvalue weighted by Crippen LogP contribution is -2.29. The van der Waals surface area contributed by atoms with Gasteiger partial charge in [0.1, 0.15) is 11.5 Å². The number of aliphatic hydroxyl groups excluding tert-OH is 2. The van der Waals surface area contributed by atoms with Crippen LogP contribution in [0.15, 0.2) is 121 Å². The molecule has 65 heavy (non-hydrogen) atoms.